The molecule has 0 spiro atoms. The number of aryl methyl sites for hydroxylation is 2. The van der Waals surface area contributed by atoms with Crippen LogP contribution in [0.3, 0.4) is 0 Å². The van der Waals surface area contributed by atoms with Crippen molar-refractivity contribution in [2.45, 2.75) is 13.8 Å². The predicted molar refractivity (Wildman–Crippen MR) is 85.4 cm³/mol. The highest BCUT2D eigenvalue weighted by Gasteiger charge is 2.04. The van der Waals surface area contributed by atoms with E-state index in [-0.39, 0.29) is 6.61 Å². The van der Waals surface area contributed by atoms with E-state index in [1.165, 1.54) is 12.2 Å². The van der Waals surface area contributed by atoms with Crippen molar-refractivity contribution in [3.63, 3.8) is 0 Å². The van der Waals surface area contributed by atoms with E-state index in [2.05, 4.69) is 10.9 Å². The van der Waals surface area contributed by atoms with Crippen molar-refractivity contribution in [2.75, 3.05) is 6.61 Å². The Bertz CT molecular complexity index is 719. The maximum Gasteiger partial charge on any atom is 0.276 e. The van der Waals surface area contributed by atoms with E-state index in [4.69, 9.17) is 9.15 Å². The van der Waals surface area contributed by atoms with E-state index in [0.29, 0.717) is 11.5 Å². The van der Waals surface area contributed by atoms with Gasteiger partial charge in [0.25, 0.3) is 11.8 Å². The van der Waals surface area contributed by atoms with Gasteiger partial charge in [-0.15, -0.1) is 0 Å². The SMILES string of the molecule is Cc1cccc(OCC(=O)NNC(=O)/C=C/c2ccc(C)o2)c1. The molecule has 120 valence electrons. The van der Waals surface area contributed by atoms with Gasteiger partial charge in [-0.25, -0.2) is 0 Å². The number of hydrazine groups is 1. The second-order valence-corrected chi connectivity index (χ2v) is 4.92. The van der Waals surface area contributed by atoms with Gasteiger partial charge in [0.05, 0.1) is 0 Å². The summed E-state index contributed by atoms with van der Waals surface area (Å²) in [5.41, 5.74) is 5.56. The van der Waals surface area contributed by atoms with Crippen molar-refractivity contribution in [1.82, 2.24) is 10.9 Å². The van der Waals surface area contributed by atoms with Crippen LogP contribution in [-0.4, -0.2) is 18.4 Å². The number of hydrogen-bond acceptors (Lipinski definition) is 4. The third kappa shape index (κ3) is 5.70. The first kappa shape index (κ1) is 16.4. The average Bonchev–Trinajstić information content (AvgIpc) is 2.94. The van der Waals surface area contributed by atoms with Crippen molar-refractivity contribution in [3.05, 3.63) is 59.6 Å². The highest BCUT2D eigenvalue weighted by Crippen LogP contribution is 2.11. The van der Waals surface area contributed by atoms with Crippen LogP contribution in [0.5, 0.6) is 5.75 Å². The normalized spacial score (nSPS) is 10.5. The highest BCUT2D eigenvalue weighted by molar-refractivity contribution is 5.92. The van der Waals surface area contributed by atoms with Gasteiger partial charge < -0.3 is 9.15 Å². The van der Waals surface area contributed by atoms with Crippen molar-refractivity contribution in [2.24, 2.45) is 0 Å². The summed E-state index contributed by atoms with van der Waals surface area (Å²) in [6, 6.07) is 10.9. The quantitative estimate of drug-likeness (QED) is 0.654. The summed E-state index contributed by atoms with van der Waals surface area (Å²) in [5.74, 6) is 0.989. The molecule has 0 aliphatic carbocycles. The minimum Gasteiger partial charge on any atom is -0.484 e. The first-order valence-corrected chi connectivity index (χ1v) is 7.06. The third-order valence-electron chi connectivity index (χ3n) is 2.84. The molecule has 1 heterocycles. The maximum atomic E-state index is 11.6. The van der Waals surface area contributed by atoms with Crippen LogP contribution < -0.4 is 15.6 Å². The van der Waals surface area contributed by atoms with Gasteiger partial charge in [-0.1, -0.05) is 12.1 Å². The molecule has 6 nitrogen and oxygen atoms in total. The van der Waals surface area contributed by atoms with Crippen LogP contribution in [0, 0.1) is 13.8 Å². The third-order valence-corrected chi connectivity index (χ3v) is 2.84. The maximum absolute atomic E-state index is 11.6. The summed E-state index contributed by atoms with van der Waals surface area (Å²) in [7, 11) is 0. The van der Waals surface area contributed by atoms with Crippen molar-refractivity contribution < 1.29 is 18.7 Å². The van der Waals surface area contributed by atoms with Crippen LogP contribution >= 0.6 is 0 Å². The summed E-state index contributed by atoms with van der Waals surface area (Å²) in [6.45, 7) is 3.55. The Morgan fingerprint density at radius 1 is 1.17 bits per heavy atom. The van der Waals surface area contributed by atoms with Crippen LogP contribution in [-0.2, 0) is 9.59 Å². The molecule has 1 aromatic heterocycles. The van der Waals surface area contributed by atoms with E-state index in [1.54, 1.807) is 18.2 Å². The number of benzene rings is 1. The minimum absolute atomic E-state index is 0.190. The molecule has 23 heavy (non-hydrogen) atoms. The van der Waals surface area contributed by atoms with Crippen LogP contribution in [0.4, 0.5) is 0 Å². The minimum atomic E-state index is -0.469. The lowest BCUT2D eigenvalue weighted by atomic mass is 10.2. The summed E-state index contributed by atoms with van der Waals surface area (Å²) in [5, 5.41) is 0. The fourth-order valence-corrected chi connectivity index (χ4v) is 1.76. The van der Waals surface area contributed by atoms with E-state index < -0.39 is 11.8 Å². The Labute approximate surface area is 134 Å². The molecule has 0 fully saturated rings. The van der Waals surface area contributed by atoms with Gasteiger partial charge in [0.15, 0.2) is 6.61 Å². The largest absolute Gasteiger partial charge is 0.484 e. The lowest BCUT2D eigenvalue weighted by Gasteiger charge is -2.07. The van der Waals surface area contributed by atoms with Crippen molar-refractivity contribution >= 4 is 17.9 Å². The molecule has 0 bridgehead atoms. The Morgan fingerprint density at radius 2 is 2.00 bits per heavy atom. The van der Waals surface area contributed by atoms with Crippen molar-refractivity contribution in [1.29, 1.82) is 0 Å². The smallest absolute Gasteiger partial charge is 0.276 e. The zero-order chi connectivity index (χ0) is 16.7. The van der Waals surface area contributed by atoms with Gasteiger partial charge in [-0.3, -0.25) is 20.4 Å². The first-order chi connectivity index (χ1) is 11.0. The molecule has 0 saturated carbocycles. The van der Waals surface area contributed by atoms with Crippen LogP contribution in [0.25, 0.3) is 6.08 Å². The number of carbonyl (C=O) groups excluding carboxylic acids is 2. The zero-order valence-electron chi connectivity index (χ0n) is 13.0. The number of hydrogen-bond donors (Lipinski definition) is 2. The molecule has 2 N–H and O–H groups in total. The van der Waals surface area contributed by atoms with Crippen molar-refractivity contribution in [3.8, 4) is 5.75 Å². The van der Waals surface area contributed by atoms with E-state index >= 15 is 0 Å². The van der Waals surface area contributed by atoms with Gasteiger partial charge in [0.1, 0.15) is 17.3 Å². The molecule has 0 aliphatic heterocycles. The summed E-state index contributed by atoms with van der Waals surface area (Å²) >= 11 is 0. The molecule has 0 atom stereocenters. The molecule has 2 aromatic rings. The number of carbonyl (C=O) groups is 2. The number of amides is 2. The summed E-state index contributed by atoms with van der Waals surface area (Å²) < 4.78 is 10.6. The van der Waals surface area contributed by atoms with Crippen LogP contribution in [0.2, 0.25) is 0 Å². The Balaban J connectivity index is 1.71. The number of furan rings is 1. The predicted octanol–water partition coefficient (Wildman–Crippen LogP) is 2.14. The van der Waals surface area contributed by atoms with E-state index in [0.717, 1.165) is 11.3 Å². The molecule has 0 saturated heterocycles. The standard InChI is InChI=1S/C17H18N2O4/c1-12-4-3-5-15(10-12)22-11-17(21)19-18-16(20)9-8-14-7-6-13(2)23-14/h3-10H,11H2,1-2H3,(H,18,20)(H,19,21)/b9-8+. The highest BCUT2D eigenvalue weighted by atomic mass is 16.5. The molecule has 6 heteroatoms. The second kappa shape index (κ2) is 7.84. The lowest BCUT2D eigenvalue weighted by molar-refractivity contribution is -0.128. The fraction of sp³-hybridized carbons (Fsp3) is 0.176. The van der Waals surface area contributed by atoms with Crippen LogP contribution in [0.1, 0.15) is 17.1 Å². The topological polar surface area (TPSA) is 80.6 Å². The summed E-state index contributed by atoms with van der Waals surface area (Å²) in [6.07, 6.45) is 2.78. The molecular formula is C17H18N2O4. The monoisotopic (exact) mass is 314 g/mol. The second-order valence-electron chi connectivity index (χ2n) is 4.92. The lowest BCUT2D eigenvalue weighted by Crippen LogP contribution is -2.43. The Hall–Kier alpha value is -3.02. The van der Waals surface area contributed by atoms with Gasteiger partial charge in [-0.05, 0) is 49.8 Å². The average molecular weight is 314 g/mol. The van der Waals surface area contributed by atoms with Gasteiger partial charge >= 0.3 is 0 Å². The van der Waals surface area contributed by atoms with E-state index in [9.17, 15) is 9.59 Å². The molecule has 0 radical (unpaired) electrons. The number of ether oxygens (including phenoxy) is 1. The Kier molecular flexibility index (Phi) is 5.57. The first-order valence-electron chi connectivity index (χ1n) is 7.06. The molecule has 0 unspecified atom stereocenters. The number of nitrogens with one attached hydrogen (secondary N) is 2. The molecule has 2 amide bonds. The molecular weight excluding hydrogens is 296 g/mol. The van der Waals surface area contributed by atoms with Crippen LogP contribution in [0.15, 0.2) is 46.9 Å². The van der Waals surface area contributed by atoms with Gasteiger partial charge in [-0.2, -0.15) is 0 Å². The summed E-state index contributed by atoms with van der Waals surface area (Å²) in [4.78, 5) is 23.1. The van der Waals surface area contributed by atoms with E-state index in [1.807, 2.05) is 32.0 Å². The van der Waals surface area contributed by atoms with Gasteiger partial charge in [0, 0.05) is 6.08 Å². The molecule has 2 rings (SSSR count). The van der Waals surface area contributed by atoms with Gasteiger partial charge in [0.2, 0.25) is 0 Å². The molecule has 1 aromatic carbocycles. The zero-order valence-corrected chi connectivity index (χ0v) is 13.0. The number of rotatable bonds is 5. The molecule has 0 aliphatic rings. The fourth-order valence-electron chi connectivity index (χ4n) is 1.76. The Morgan fingerprint density at radius 3 is 2.70 bits per heavy atom.